The van der Waals surface area contributed by atoms with Gasteiger partial charge < -0.3 is 0 Å². The van der Waals surface area contributed by atoms with Gasteiger partial charge in [0.05, 0.1) is 18.1 Å². The zero-order chi connectivity index (χ0) is 14.0. The molecule has 2 aromatic heterocycles. The summed E-state index contributed by atoms with van der Waals surface area (Å²) in [5, 5.41) is 2.13. The Labute approximate surface area is 119 Å². The molecule has 6 nitrogen and oxygen atoms in total. The first-order valence-corrected chi connectivity index (χ1v) is 8.08. The second-order valence-corrected chi connectivity index (χ2v) is 6.90. The number of nitrogens with zero attached hydrogens (tertiary/aromatic N) is 3. The molecule has 1 N–H and O–H groups in total. The summed E-state index contributed by atoms with van der Waals surface area (Å²) < 4.78 is 26.4. The molecule has 102 valence electrons. The second kappa shape index (κ2) is 5.40. The lowest BCUT2D eigenvalue weighted by atomic mass is 10.2. The van der Waals surface area contributed by atoms with Crippen LogP contribution in [0.5, 0.6) is 0 Å². The maximum atomic E-state index is 12.0. The second-order valence-electron chi connectivity index (χ2n) is 4.03. The van der Waals surface area contributed by atoms with Gasteiger partial charge in [0.15, 0.2) is 5.13 Å². The number of nitrogens with one attached hydrogen (secondary N) is 1. The Balaban J connectivity index is 2.23. The van der Waals surface area contributed by atoms with Gasteiger partial charge in [0.25, 0.3) is 10.0 Å². The van der Waals surface area contributed by atoms with E-state index in [2.05, 4.69) is 19.7 Å². The molecule has 0 spiro atoms. The lowest BCUT2D eigenvalue weighted by Crippen LogP contribution is -2.13. The molecule has 2 aromatic rings. The SMILES string of the molecule is CC(C)c1csc(NS(=O)(=O)c2cnc(Cl)nc2)n1. The van der Waals surface area contributed by atoms with Crippen LogP contribution in [0.4, 0.5) is 5.13 Å². The third-order valence-corrected chi connectivity index (χ3v) is 4.64. The van der Waals surface area contributed by atoms with Crippen molar-refractivity contribution in [2.75, 3.05) is 4.72 Å². The van der Waals surface area contributed by atoms with E-state index in [-0.39, 0.29) is 16.1 Å². The lowest BCUT2D eigenvalue weighted by Gasteiger charge is -2.04. The molecule has 0 aliphatic heterocycles. The van der Waals surface area contributed by atoms with Crippen LogP contribution in [0, 0.1) is 0 Å². The molecule has 0 bridgehead atoms. The molecule has 19 heavy (non-hydrogen) atoms. The average molecular weight is 319 g/mol. The van der Waals surface area contributed by atoms with Crippen molar-refractivity contribution in [1.82, 2.24) is 15.0 Å². The molecule has 0 unspecified atom stereocenters. The van der Waals surface area contributed by atoms with Crippen LogP contribution in [-0.2, 0) is 10.0 Å². The van der Waals surface area contributed by atoms with Crippen LogP contribution in [0.15, 0.2) is 22.7 Å². The predicted octanol–water partition coefficient (Wildman–Crippen LogP) is 2.51. The molecule has 2 heterocycles. The van der Waals surface area contributed by atoms with E-state index in [1.165, 1.54) is 11.3 Å². The standard InChI is InChI=1S/C10H11ClN4O2S2/c1-6(2)8-5-18-10(14-8)15-19(16,17)7-3-12-9(11)13-4-7/h3-6H,1-2H3,(H,14,15). The summed E-state index contributed by atoms with van der Waals surface area (Å²) in [5.74, 6) is 0.244. The molecule has 0 atom stereocenters. The molecule has 0 fully saturated rings. The highest BCUT2D eigenvalue weighted by Gasteiger charge is 2.17. The number of aromatic nitrogens is 3. The van der Waals surface area contributed by atoms with Crippen LogP contribution < -0.4 is 4.72 Å². The Morgan fingerprint density at radius 3 is 2.47 bits per heavy atom. The Bertz CT molecular complexity index is 667. The van der Waals surface area contributed by atoms with Gasteiger partial charge in [-0.3, -0.25) is 4.72 Å². The minimum Gasteiger partial charge on any atom is -0.255 e. The molecule has 0 aliphatic carbocycles. The van der Waals surface area contributed by atoms with Crippen LogP contribution in [0.2, 0.25) is 5.28 Å². The molecule has 0 aliphatic rings. The highest BCUT2D eigenvalue weighted by Crippen LogP contribution is 2.23. The van der Waals surface area contributed by atoms with Crippen molar-refractivity contribution in [3.05, 3.63) is 28.8 Å². The van der Waals surface area contributed by atoms with Crippen molar-refractivity contribution in [2.24, 2.45) is 0 Å². The number of rotatable bonds is 4. The summed E-state index contributed by atoms with van der Waals surface area (Å²) in [7, 11) is -3.73. The van der Waals surface area contributed by atoms with E-state index < -0.39 is 10.0 Å². The van der Waals surface area contributed by atoms with Gasteiger partial charge in [0.2, 0.25) is 5.28 Å². The summed E-state index contributed by atoms with van der Waals surface area (Å²) in [4.78, 5) is 11.4. The predicted molar refractivity (Wildman–Crippen MR) is 74.1 cm³/mol. The maximum absolute atomic E-state index is 12.0. The Morgan fingerprint density at radius 1 is 1.32 bits per heavy atom. The number of anilines is 1. The van der Waals surface area contributed by atoms with E-state index in [0.29, 0.717) is 5.13 Å². The first kappa shape index (κ1) is 14.2. The van der Waals surface area contributed by atoms with Crippen molar-refractivity contribution in [1.29, 1.82) is 0 Å². The molecule has 9 heteroatoms. The highest BCUT2D eigenvalue weighted by molar-refractivity contribution is 7.93. The fourth-order valence-electron chi connectivity index (χ4n) is 1.21. The van der Waals surface area contributed by atoms with Crippen molar-refractivity contribution in [2.45, 2.75) is 24.7 Å². The molecular weight excluding hydrogens is 308 g/mol. The zero-order valence-electron chi connectivity index (χ0n) is 10.2. The quantitative estimate of drug-likeness (QED) is 0.875. The molecule has 0 aromatic carbocycles. The number of hydrogen-bond acceptors (Lipinski definition) is 6. The first-order chi connectivity index (χ1) is 8.88. The van der Waals surface area contributed by atoms with E-state index in [9.17, 15) is 8.42 Å². The number of thiazole rings is 1. The van der Waals surface area contributed by atoms with E-state index in [1.807, 2.05) is 19.2 Å². The summed E-state index contributed by atoms with van der Waals surface area (Å²) in [6.45, 7) is 3.97. The van der Waals surface area contributed by atoms with Crippen LogP contribution in [0.1, 0.15) is 25.5 Å². The van der Waals surface area contributed by atoms with E-state index >= 15 is 0 Å². The fraction of sp³-hybridized carbons (Fsp3) is 0.300. The maximum Gasteiger partial charge on any atom is 0.266 e. The van der Waals surface area contributed by atoms with Crippen LogP contribution >= 0.6 is 22.9 Å². The van der Waals surface area contributed by atoms with Gasteiger partial charge in [-0.05, 0) is 17.5 Å². The van der Waals surface area contributed by atoms with Crippen molar-refractivity contribution < 1.29 is 8.42 Å². The summed E-state index contributed by atoms with van der Waals surface area (Å²) in [6.07, 6.45) is 2.29. The largest absolute Gasteiger partial charge is 0.266 e. The monoisotopic (exact) mass is 318 g/mol. The summed E-state index contributed by atoms with van der Waals surface area (Å²) >= 11 is 6.75. The first-order valence-electron chi connectivity index (χ1n) is 5.34. The number of sulfonamides is 1. The van der Waals surface area contributed by atoms with Gasteiger partial charge in [-0.1, -0.05) is 13.8 Å². The average Bonchev–Trinajstić information content (AvgIpc) is 2.77. The smallest absolute Gasteiger partial charge is 0.255 e. The van der Waals surface area contributed by atoms with Gasteiger partial charge in [0.1, 0.15) is 4.90 Å². The van der Waals surface area contributed by atoms with Gasteiger partial charge in [-0.2, -0.15) is 0 Å². The van der Waals surface area contributed by atoms with E-state index in [1.54, 1.807) is 0 Å². The summed E-state index contributed by atoms with van der Waals surface area (Å²) in [6, 6.07) is 0. The lowest BCUT2D eigenvalue weighted by molar-refractivity contribution is 0.600. The zero-order valence-corrected chi connectivity index (χ0v) is 12.6. The normalized spacial score (nSPS) is 11.8. The fourth-order valence-corrected chi connectivity index (χ4v) is 3.32. The number of halogens is 1. The Kier molecular flexibility index (Phi) is 4.02. The molecule has 0 amide bonds. The van der Waals surface area contributed by atoms with E-state index in [4.69, 9.17) is 11.6 Å². The van der Waals surface area contributed by atoms with Crippen molar-refractivity contribution in [3.8, 4) is 0 Å². The van der Waals surface area contributed by atoms with Gasteiger partial charge in [-0.25, -0.2) is 23.4 Å². The third-order valence-electron chi connectivity index (χ3n) is 2.24. The van der Waals surface area contributed by atoms with Crippen LogP contribution in [0.3, 0.4) is 0 Å². The van der Waals surface area contributed by atoms with E-state index in [0.717, 1.165) is 18.1 Å². The third kappa shape index (κ3) is 3.40. The van der Waals surface area contributed by atoms with Gasteiger partial charge in [-0.15, -0.1) is 11.3 Å². The number of hydrogen-bond donors (Lipinski definition) is 1. The summed E-state index contributed by atoms with van der Waals surface area (Å²) in [5.41, 5.74) is 0.843. The molecule has 2 rings (SSSR count). The van der Waals surface area contributed by atoms with Crippen LogP contribution in [0.25, 0.3) is 0 Å². The minimum atomic E-state index is -3.73. The van der Waals surface area contributed by atoms with Gasteiger partial charge in [0, 0.05) is 5.38 Å². The Morgan fingerprint density at radius 2 is 1.95 bits per heavy atom. The highest BCUT2D eigenvalue weighted by atomic mass is 35.5. The van der Waals surface area contributed by atoms with Crippen molar-refractivity contribution in [3.63, 3.8) is 0 Å². The van der Waals surface area contributed by atoms with Crippen molar-refractivity contribution >= 4 is 38.1 Å². The molecule has 0 saturated carbocycles. The minimum absolute atomic E-state index is 0.00436. The molecule has 0 saturated heterocycles. The van der Waals surface area contributed by atoms with Gasteiger partial charge >= 0.3 is 0 Å². The van der Waals surface area contributed by atoms with Crippen LogP contribution in [-0.4, -0.2) is 23.4 Å². The molecular formula is C10H11ClN4O2S2. The topological polar surface area (TPSA) is 84.8 Å². The molecule has 0 radical (unpaired) electrons. The Hall–Kier alpha value is -1.25.